The van der Waals surface area contributed by atoms with Crippen LogP contribution in [0.4, 0.5) is 5.69 Å². The monoisotopic (exact) mass is 467 g/mol. The molecule has 0 amide bonds. The van der Waals surface area contributed by atoms with Crippen LogP contribution in [0.3, 0.4) is 0 Å². The topological polar surface area (TPSA) is 66.8 Å². The third-order valence-electron chi connectivity index (χ3n) is 6.26. The lowest BCUT2D eigenvalue weighted by Gasteiger charge is -2.19. The Morgan fingerprint density at radius 1 is 0.514 bits per heavy atom. The van der Waals surface area contributed by atoms with Gasteiger partial charge in [-0.2, -0.15) is 4.57 Å². The molecule has 0 aliphatic heterocycles. The van der Waals surface area contributed by atoms with Gasteiger partial charge in [0, 0.05) is 35.5 Å². The lowest BCUT2D eigenvalue weighted by molar-refractivity contribution is -0.537. The zero-order valence-electron chi connectivity index (χ0n) is 20.2. The molecule has 0 aliphatic rings. The SMILES string of the molecule is COc1cccc(OC)c1-c1c2c(OC)cccc2[n+](-c2ccc(N)cc2)c2cccc(OC)c12. The summed E-state index contributed by atoms with van der Waals surface area (Å²) in [6.45, 7) is 0. The summed E-state index contributed by atoms with van der Waals surface area (Å²) in [5.74, 6) is 2.83. The van der Waals surface area contributed by atoms with Gasteiger partial charge in [0.2, 0.25) is 16.7 Å². The van der Waals surface area contributed by atoms with Crippen molar-refractivity contribution in [3.63, 3.8) is 0 Å². The van der Waals surface area contributed by atoms with E-state index in [1.165, 1.54) is 0 Å². The molecular weight excluding hydrogens is 440 g/mol. The van der Waals surface area contributed by atoms with E-state index in [2.05, 4.69) is 16.7 Å². The minimum Gasteiger partial charge on any atom is -0.496 e. The number of ether oxygens (including phenoxy) is 4. The average Bonchev–Trinajstić information content (AvgIpc) is 2.91. The molecule has 176 valence electrons. The molecule has 1 aromatic heterocycles. The maximum atomic E-state index is 6.01. The molecule has 0 bridgehead atoms. The van der Waals surface area contributed by atoms with E-state index in [-0.39, 0.29) is 0 Å². The van der Waals surface area contributed by atoms with E-state index in [1.807, 2.05) is 66.7 Å². The van der Waals surface area contributed by atoms with Crippen LogP contribution in [0.5, 0.6) is 23.0 Å². The van der Waals surface area contributed by atoms with Gasteiger partial charge in [-0.25, -0.2) is 0 Å². The summed E-state index contributed by atoms with van der Waals surface area (Å²) in [4.78, 5) is 0. The van der Waals surface area contributed by atoms with Gasteiger partial charge in [-0.1, -0.05) is 18.2 Å². The van der Waals surface area contributed by atoms with Gasteiger partial charge in [0.05, 0.1) is 44.8 Å². The molecule has 1 heterocycles. The van der Waals surface area contributed by atoms with E-state index in [0.717, 1.165) is 50.1 Å². The molecule has 6 heteroatoms. The predicted molar refractivity (Wildman–Crippen MR) is 139 cm³/mol. The lowest BCUT2D eigenvalue weighted by atomic mass is 9.92. The summed E-state index contributed by atoms with van der Waals surface area (Å²) < 4.78 is 25.7. The fourth-order valence-corrected chi connectivity index (χ4v) is 4.76. The smallest absolute Gasteiger partial charge is 0.223 e. The Balaban J connectivity index is 2.11. The summed E-state index contributed by atoms with van der Waals surface area (Å²) in [7, 11) is 6.68. The molecule has 35 heavy (non-hydrogen) atoms. The number of rotatable bonds is 6. The third kappa shape index (κ3) is 3.54. The summed E-state index contributed by atoms with van der Waals surface area (Å²) >= 11 is 0. The Morgan fingerprint density at radius 3 is 1.40 bits per heavy atom. The molecule has 0 radical (unpaired) electrons. The Hall–Kier alpha value is -4.45. The second-order valence-corrected chi connectivity index (χ2v) is 8.05. The van der Waals surface area contributed by atoms with Crippen LogP contribution < -0.4 is 29.2 Å². The lowest BCUT2D eigenvalue weighted by Crippen LogP contribution is -2.33. The highest BCUT2D eigenvalue weighted by Gasteiger charge is 2.30. The van der Waals surface area contributed by atoms with Crippen molar-refractivity contribution in [3.8, 4) is 39.8 Å². The highest BCUT2D eigenvalue weighted by Crippen LogP contribution is 2.49. The maximum Gasteiger partial charge on any atom is 0.223 e. The summed E-state index contributed by atoms with van der Waals surface area (Å²) in [6, 6.07) is 25.7. The van der Waals surface area contributed by atoms with Gasteiger partial charge >= 0.3 is 0 Å². The minimum absolute atomic E-state index is 0.689. The highest BCUT2D eigenvalue weighted by molar-refractivity contribution is 6.14. The fraction of sp³-hybridized carbons (Fsp3) is 0.138. The molecular formula is C29H27N2O4+. The van der Waals surface area contributed by atoms with Crippen molar-refractivity contribution >= 4 is 27.5 Å². The van der Waals surface area contributed by atoms with E-state index < -0.39 is 0 Å². The summed E-state index contributed by atoms with van der Waals surface area (Å²) in [5, 5.41) is 1.82. The van der Waals surface area contributed by atoms with Crippen LogP contribution in [0.25, 0.3) is 38.6 Å². The molecule has 0 fully saturated rings. The van der Waals surface area contributed by atoms with E-state index in [9.17, 15) is 0 Å². The number of pyridine rings is 1. The molecule has 0 spiro atoms. The van der Waals surface area contributed by atoms with Gasteiger partial charge in [-0.15, -0.1) is 0 Å². The van der Waals surface area contributed by atoms with Crippen LogP contribution in [-0.4, -0.2) is 28.4 Å². The normalized spacial score (nSPS) is 11.0. The van der Waals surface area contributed by atoms with Crippen molar-refractivity contribution < 1.29 is 23.5 Å². The van der Waals surface area contributed by atoms with Crippen molar-refractivity contribution in [2.24, 2.45) is 0 Å². The van der Waals surface area contributed by atoms with Gasteiger partial charge in [0.25, 0.3) is 0 Å². The van der Waals surface area contributed by atoms with E-state index in [4.69, 9.17) is 24.7 Å². The van der Waals surface area contributed by atoms with Crippen molar-refractivity contribution in [3.05, 3.63) is 78.9 Å². The predicted octanol–water partition coefficient (Wildman–Crippen LogP) is 5.55. The Morgan fingerprint density at radius 2 is 0.943 bits per heavy atom. The Bertz CT molecular complexity index is 1460. The van der Waals surface area contributed by atoms with E-state index >= 15 is 0 Å². The zero-order valence-corrected chi connectivity index (χ0v) is 20.2. The average molecular weight is 468 g/mol. The Kier molecular flexibility index (Phi) is 5.79. The van der Waals surface area contributed by atoms with Crippen LogP contribution in [-0.2, 0) is 0 Å². The number of nitrogens with two attached hydrogens (primary N) is 1. The number of hydrogen-bond acceptors (Lipinski definition) is 5. The molecule has 4 aromatic carbocycles. The van der Waals surface area contributed by atoms with Gasteiger partial charge in [-0.3, -0.25) is 0 Å². The first-order chi connectivity index (χ1) is 17.1. The maximum absolute atomic E-state index is 6.01. The van der Waals surface area contributed by atoms with E-state index in [1.54, 1.807) is 28.4 Å². The Labute approximate surface area is 204 Å². The molecule has 0 saturated heterocycles. The number of nitrogen functional groups attached to an aromatic ring is 1. The number of fused-ring (bicyclic) bond motifs is 2. The number of hydrogen-bond donors (Lipinski definition) is 1. The molecule has 0 unspecified atom stereocenters. The van der Waals surface area contributed by atoms with Crippen molar-refractivity contribution in [2.45, 2.75) is 0 Å². The number of anilines is 1. The van der Waals surface area contributed by atoms with Crippen molar-refractivity contribution in [2.75, 3.05) is 34.2 Å². The van der Waals surface area contributed by atoms with Gasteiger partial charge in [0.15, 0.2) is 0 Å². The molecule has 5 aromatic rings. The molecule has 2 N–H and O–H groups in total. The van der Waals surface area contributed by atoms with Crippen LogP contribution in [0.1, 0.15) is 0 Å². The molecule has 0 aliphatic carbocycles. The zero-order chi connectivity index (χ0) is 24.5. The minimum atomic E-state index is 0.689. The summed E-state index contributed by atoms with van der Waals surface area (Å²) in [5.41, 5.74) is 11.3. The van der Waals surface area contributed by atoms with Gasteiger partial charge in [0.1, 0.15) is 23.0 Å². The van der Waals surface area contributed by atoms with Crippen LogP contribution in [0, 0.1) is 0 Å². The van der Waals surface area contributed by atoms with Gasteiger partial charge < -0.3 is 24.7 Å². The summed E-state index contributed by atoms with van der Waals surface area (Å²) in [6.07, 6.45) is 0. The number of aromatic nitrogens is 1. The van der Waals surface area contributed by atoms with Crippen LogP contribution >= 0.6 is 0 Å². The van der Waals surface area contributed by atoms with E-state index in [0.29, 0.717) is 17.2 Å². The molecule has 6 nitrogen and oxygen atoms in total. The number of benzene rings is 4. The molecule has 0 saturated carbocycles. The first-order valence-electron chi connectivity index (χ1n) is 11.2. The largest absolute Gasteiger partial charge is 0.496 e. The van der Waals surface area contributed by atoms with Crippen LogP contribution in [0.2, 0.25) is 0 Å². The second-order valence-electron chi connectivity index (χ2n) is 8.05. The van der Waals surface area contributed by atoms with Crippen LogP contribution in [0.15, 0.2) is 78.9 Å². The van der Waals surface area contributed by atoms with Crippen molar-refractivity contribution in [1.29, 1.82) is 0 Å². The molecule has 0 atom stereocenters. The molecule has 5 rings (SSSR count). The second kappa shape index (κ2) is 9.06. The quantitative estimate of drug-likeness (QED) is 0.201. The third-order valence-corrected chi connectivity index (χ3v) is 6.26. The number of nitrogens with zero attached hydrogens (tertiary/aromatic N) is 1. The van der Waals surface area contributed by atoms with Crippen molar-refractivity contribution in [1.82, 2.24) is 0 Å². The fourth-order valence-electron chi connectivity index (χ4n) is 4.76. The first kappa shape index (κ1) is 22.3. The number of methoxy groups -OCH3 is 4. The first-order valence-corrected chi connectivity index (χ1v) is 11.2. The standard InChI is InChI=1S/C29H27N2O4/c1-32-22-10-5-8-20-26(22)29(28-24(34-3)12-7-13-25(28)35-4)27-21(9-6-11-23(27)33-2)31(20)19-16-14-18(30)15-17-19/h5-17H,30H2,1-4H3/q+1. The highest BCUT2D eigenvalue weighted by atomic mass is 16.5. The van der Waals surface area contributed by atoms with Gasteiger partial charge in [-0.05, 0) is 36.4 Å².